The Morgan fingerprint density at radius 2 is 1.95 bits per heavy atom. The van der Waals surface area contributed by atoms with E-state index in [0.29, 0.717) is 0 Å². The third-order valence-corrected chi connectivity index (χ3v) is 3.37. The van der Waals surface area contributed by atoms with Crippen LogP contribution in [0, 0.1) is 0 Å². The summed E-state index contributed by atoms with van der Waals surface area (Å²) in [7, 11) is 2.16. The first-order chi connectivity index (χ1) is 8.33. The minimum absolute atomic E-state index is 0. The van der Waals surface area contributed by atoms with Gasteiger partial charge < -0.3 is 4.90 Å². The third kappa shape index (κ3) is 3.65. The normalized spacial score (nSPS) is 15.3. The summed E-state index contributed by atoms with van der Waals surface area (Å²) in [4.78, 5) is 6.85. The van der Waals surface area contributed by atoms with Crippen LogP contribution in [0.25, 0.3) is 16.5 Å². The zero-order valence-corrected chi connectivity index (χ0v) is 14.3. The van der Waals surface area contributed by atoms with Crippen molar-refractivity contribution >= 4 is 50.4 Å². The van der Waals surface area contributed by atoms with Gasteiger partial charge in [-0.3, -0.25) is 4.98 Å². The standard InChI is InChI=1S/C15H16N2.2BrH/c1-17-8-6-12(7-9-17)14-10-13-4-2-3-5-15(13)16-11-14;;/h2-6,10-11H,7-9H2,1H3;2*1H. The summed E-state index contributed by atoms with van der Waals surface area (Å²) in [6.45, 7) is 2.18. The summed E-state index contributed by atoms with van der Waals surface area (Å²) < 4.78 is 0. The molecular weight excluding hydrogens is 368 g/mol. The maximum atomic E-state index is 4.52. The fourth-order valence-electron chi connectivity index (χ4n) is 2.28. The number of likely N-dealkylation sites (N-methyl/N-ethyl adjacent to an activating group) is 1. The van der Waals surface area contributed by atoms with Crippen LogP contribution in [-0.4, -0.2) is 30.0 Å². The van der Waals surface area contributed by atoms with Crippen LogP contribution in [-0.2, 0) is 0 Å². The van der Waals surface area contributed by atoms with Crippen LogP contribution in [0.4, 0.5) is 0 Å². The molecule has 0 saturated carbocycles. The number of rotatable bonds is 1. The van der Waals surface area contributed by atoms with E-state index >= 15 is 0 Å². The Morgan fingerprint density at radius 3 is 2.68 bits per heavy atom. The van der Waals surface area contributed by atoms with Crippen LogP contribution in [0.3, 0.4) is 0 Å². The Kier molecular flexibility index (Phi) is 6.17. The number of hydrogen-bond donors (Lipinski definition) is 0. The van der Waals surface area contributed by atoms with E-state index in [4.69, 9.17) is 0 Å². The number of benzene rings is 1. The lowest BCUT2D eigenvalue weighted by atomic mass is 10.00. The zero-order chi connectivity index (χ0) is 11.7. The van der Waals surface area contributed by atoms with Gasteiger partial charge in [-0.15, -0.1) is 34.0 Å². The molecule has 1 aliphatic heterocycles. The van der Waals surface area contributed by atoms with Crippen molar-refractivity contribution in [3.63, 3.8) is 0 Å². The molecule has 1 aromatic heterocycles. The second-order valence-electron chi connectivity index (χ2n) is 4.66. The number of nitrogens with zero attached hydrogens (tertiary/aromatic N) is 2. The molecular formula is C15H18Br2N2. The van der Waals surface area contributed by atoms with Crippen LogP contribution in [0.15, 0.2) is 42.6 Å². The average Bonchev–Trinajstić information content (AvgIpc) is 2.39. The highest BCUT2D eigenvalue weighted by Gasteiger charge is 2.10. The molecule has 0 radical (unpaired) electrons. The lowest BCUT2D eigenvalue weighted by Crippen LogP contribution is -2.23. The third-order valence-electron chi connectivity index (χ3n) is 3.37. The van der Waals surface area contributed by atoms with Crippen LogP contribution < -0.4 is 0 Å². The summed E-state index contributed by atoms with van der Waals surface area (Å²) >= 11 is 0. The van der Waals surface area contributed by atoms with E-state index in [-0.39, 0.29) is 34.0 Å². The molecule has 4 heteroatoms. The van der Waals surface area contributed by atoms with Crippen molar-refractivity contribution in [1.82, 2.24) is 9.88 Å². The Bertz CT molecular complexity index is 581. The van der Waals surface area contributed by atoms with Gasteiger partial charge in [0.1, 0.15) is 0 Å². The molecule has 19 heavy (non-hydrogen) atoms. The maximum absolute atomic E-state index is 4.52. The van der Waals surface area contributed by atoms with E-state index in [1.54, 1.807) is 0 Å². The van der Waals surface area contributed by atoms with Gasteiger partial charge in [0.25, 0.3) is 0 Å². The lowest BCUT2D eigenvalue weighted by molar-refractivity contribution is 0.370. The van der Waals surface area contributed by atoms with Crippen molar-refractivity contribution in [2.45, 2.75) is 6.42 Å². The zero-order valence-electron chi connectivity index (χ0n) is 10.9. The minimum Gasteiger partial charge on any atom is -0.302 e. The van der Waals surface area contributed by atoms with Gasteiger partial charge >= 0.3 is 0 Å². The highest BCUT2D eigenvalue weighted by Crippen LogP contribution is 2.23. The van der Waals surface area contributed by atoms with Crippen molar-refractivity contribution in [3.8, 4) is 0 Å². The SMILES string of the molecule is Br.Br.CN1CC=C(c2cnc3ccccc3c2)CC1. The van der Waals surface area contributed by atoms with Crippen molar-refractivity contribution < 1.29 is 0 Å². The van der Waals surface area contributed by atoms with Crippen LogP contribution in [0.5, 0.6) is 0 Å². The molecule has 0 aliphatic carbocycles. The lowest BCUT2D eigenvalue weighted by Gasteiger charge is -2.22. The van der Waals surface area contributed by atoms with Gasteiger partial charge in [0.2, 0.25) is 0 Å². The number of fused-ring (bicyclic) bond motifs is 1. The molecule has 0 fully saturated rings. The smallest absolute Gasteiger partial charge is 0.0702 e. The van der Waals surface area contributed by atoms with Gasteiger partial charge in [0, 0.05) is 24.7 Å². The van der Waals surface area contributed by atoms with Gasteiger partial charge in [-0.25, -0.2) is 0 Å². The van der Waals surface area contributed by atoms with E-state index in [1.165, 1.54) is 16.5 Å². The Morgan fingerprint density at radius 1 is 1.16 bits per heavy atom. The molecule has 0 atom stereocenters. The molecule has 0 unspecified atom stereocenters. The predicted octanol–water partition coefficient (Wildman–Crippen LogP) is 4.11. The first-order valence-corrected chi connectivity index (χ1v) is 6.06. The number of aromatic nitrogens is 1. The molecule has 102 valence electrons. The molecule has 1 aromatic carbocycles. The molecule has 0 N–H and O–H groups in total. The monoisotopic (exact) mass is 384 g/mol. The second kappa shape index (κ2) is 7.17. The average molecular weight is 386 g/mol. The topological polar surface area (TPSA) is 16.1 Å². The number of halogens is 2. The molecule has 2 heterocycles. The van der Waals surface area contributed by atoms with Crippen LogP contribution >= 0.6 is 34.0 Å². The Labute approximate surface area is 135 Å². The quantitative estimate of drug-likeness (QED) is 0.734. The molecule has 1 aliphatic rings. The fraction of sp³-hybridized carbons (Fsp3) is 0.267. The molecule has 0 spiro atoms. The van der Waals surface area contributed by atoms with Gasteiger partial charge in [0.05, 0.1) is 5.52 Å². The molecule has 0 bridgehead atoms. The predicted molar refractivity (Wildman–Crippen MR) is 92.5 cm³/mol. The van der Waals surface area contributed by atoms with Gasteiger partial charge in [-0.05, 0) is 36.7 Å². The number of hydrogen-bond acceptors (Lipinski definition) is 2. The van der Waals surface area contributed by atoms with Crippen molar-refractivity contribution in [2.24, 2.45) is 0 Å². The molecule has 2 nitrogen and oxygen atoms in total. The summed E-state index contributed by atoms with van der Waals surface area (Å²) in [5, 5.41) is 1.23. The highest BCUT2D eigenvalue weighted by molar-refractivity contribution is 8.93. The number of pyridine rings is 1. The van der Waals surface area contributed by atoms with E-state index in [2.05, 4.69) is 47.3 Å². The van der Waals surface area contributed by atoms with E-state index < -0.39 is 0 Å². The maximum Gasteiger partial charge on any atom is 0.0702 e. The van der Waals surface area contributed by atoms with Crippen molar-refractivity contribution in [3.05, 3.63) is 48.2 Å². The van der Waals surface area contributed by atoms with Gasteiger partial charge in [-0.1, -0.05) is 24.3 Å². The van der Waals surface area contributed by atoms with E-state index in [9.17, 15) is 0 Å². The molecule has 3 rings (SSSR count). The van der Waals surface area contributed by atoms with E-state index in [1.807, 2.05) is 12.3 Å². The molecule has 0 amide bonds. The Balaban J connectivity index is 0.000000902. The van der Waals surface area contributed by atoms with Gasteiger partial charge in [0.15, 0.2) is 0 Å². The summed E-state index contributed by atoms with van der Waals surface area (Å²) in [6, 6.07) is 10.5. The van der Waals surface area contributed by atoms with Crippen LogP contribution in [0.2, 0.25) is 0 Å². The minimum atomic E-state index is 0. The first-order valence-electron chi connectivity index (χ1n) is 6.06. The van der Waals surface area contributed by atoms with Gasteiger partial charge in [-0.2, -0.15) is 0 Å². The first kappa shape index (κ1) is 16.3. The fourth-order valence-corrected chi connectivity index (χ4v) is 2.28. The number of para-hydroxylation sites is 1. The largest absolute Gasteiger partial charge is 0.302 e. The van der Waals surface area contributed by atoms with E-state index in [0.717, 1.165) is 25.0 Å². The highest BCUT2D eigenvalue weighted by atomic mass is 79.9. The summed E-state index contributed by atoms with van der Waals surface area (Å²) in [5.41, 5.74) is 3.78. The summed E-state index contributed by atoms with van der Waals surface area (Å²) in [5.74, 6) is 0. The molecule has 0 saturated heterocycles. The van der Waals surface area contributed by atoms with Crippen molar-refractivity contribution in [2.75, 3.05) is 20.1 Å². The molecule has 2 aromatic rings. The second-order valence-corrected chi connectivity index (χ2v) is 4.66. The Hall–Kier alpha value is -0.710. The summed E-state index contributed by atoms with van der Waals surface area (Å²) in [6.07, 6.45) is 5.44. The van der Waals surface area contributed by atoms with Crippen LogP contribution in [0.1, 0.15) is 12.0 Å². The van der Waals surface area contributed by atoms with Crippen molar-refractivity contribution in [1.29, 1.82) is 0 Å².